The smallest absolute Gasteiger partial charge is 0.253 e. The van der Waals surface area contributed by atoms with Crippen molar-refractivity contribution >= 4 is 45.3 Å². The first-order valence-corrected chi connectivity index (χ1v) is 11.1. The van der Waals surface area contributed by atoms with Gasteiger partial charge in [-0.2, -0.15) is 0 Å². The monoisotopic (exact) mass is 471 g/mol. The number of aromatic nitrogens is 5. The molecule has 0 aliphatic rings. The minimum absolute atomic E-state index is 0.205. The maximum absolute atomic E-state index is 13.2. The van der Waals surface area contributed by atoms with E-state index in [0.29, 0.717) is 40.5 Å². The van der Waals surface area contributed by atoms with Gasteiger partial charge in [0.15, 0.2) is 0 Å². The maximum Gasteiger partial charge on any atom is 0.253 e. The summed E-state index contributed by atoms with van der Waals surface area (Å²) in [5, 5.41) is 5.24. The largest absolute Gasteiger partial charge is 0.384 e. The van der Waals surface area contributed by atoms with Crippen LogP contribution in [0.5, 0.6) is 0 Å². The zero-order chi connectivity index (χ0) is 23.8. The molecule has 3 N–H and O–H groups in total. The van der Waals surface area contributed by atoms with Crippen LogP contribution in [-0.2, 0) is 13.1 Å². The lowest BCUT2D eigenvalue weighted by Gasteiger charge is -2.11. The van der Waals surface area contributed by atoms with Crippen LogP contribution in [-0.4, -0.2) is 30.4 Å². The fourth-order valence-corrected chi connectivity index (χ4v) is 4.36. The van der Waals surface area contributed by atoms with Crippen LogP contribution in [0.25, 0.3) is 21.9 Å². The molecule has 0 atom stereocenters. The van der Waals surface area contributed by atoms with E-state index in [-0.39, 0.29) is 5.91 Å². The molecule has 4 heterocycles. The summed E-state index contributed by atoms with van der Waals surface area (Å²) >= 11 is 6.11. The van der Waals surface area contributed by atoms with Crippen molar-refractivity contribution in [1.82, 2.24) is 29.8 Å². The zero-order valence-corrected chi connectivity index (χ0v) is 19.5. The second-order valence-corrected chi connectivity index (χ2v) is 8.66. The zero-order valence-electron chi connectivity index (χ0n) is 18.7. The molecular weight excluding hydrogens is 450 g/mol. The van der Waals surface area contributed by atoms with Gasteiger partial charge in [-0.1, -0.05) is 17.7 Å². The number of carbonyl (C=O) groups excluding carboxylic acids is 1. The molecule has 170 valence electrons. The number of nitrogens with one attached hydrogen (secondary N) is 1. The Balaban J connectivity index is 1.44. The molecule has 9 heteroatoms. The summed E-state index contributed by atoms with van der Waals surface area (Å²) in [4.78, 5) is 30.4. The molecule has 0 saturated carbocycles. The molecule has 34 heavy (non-hydrogen) atoms. The van der Waals surface area contributed by atoms with Crippen molar-refractivity contribution in [3.63, 3.8) is 0 Å². The lowest BCUT2D eigenvalue weighted by molar-refractivity contribution is 0.0952. The van der Waals surface area contributed by atoms with Crippen molar-refractivity contribution in [3.05, 3.63) is 88.2 Å². The topological polar surface area (TPSA) is 112 Å². The van der Waals surface area contributed by atoms with Crippen molar-refractivity contribution < 1.29 is 4.79 Å². The lowest BCUT2D eigenvalue weighted by atomic mass is 10.1. The molecule has 0 spiro atoms. The van der Waals surface area contributed by atoms with Crippen molar-refractivity contribution in [2.24, 2.45) is 0 Å². The first-order valence-electron chi connectivity index (χ1n) is 10.7. The average Bonchev–Trinajstić information content (AvgIpc) is 3.16. The highest BCUT2D eigenvalue weighted by Gasteiger charge is 2.17. The summed E-state index contributed by atoms with van der Waals surface area (Å²) in [7, 11) is 0. The molecule has 8 nitrogen and oxygen atoms in total. The van der Waals surface area contributed by atoms with Crippen LogP contribution >= 0.6 is 11.6 Å². The van der Waals surface area contributed by atoms with Crippen LogP contribution in [0.2, 0.25) is 5.02 Å². The van der Waals surface area contributed by atoms with Crippen LogP contribution in [0.1, 0.15) is 32.7 Å². The molecule has 0 fully saturated rings. The average molecular weight is 472 g/mol. The number of hydrogen-bond acceptors (Lipinski definition) is 6. The number of hydrogen-bond donors (Lipinski definition) is 2. The van der Waals surface area contributed by atoms with E-state index in [1.165, 1.54) is 6.33 Å². The second kappa shape index (κ2) is 8.72. The Labute approximate surface area is 200 Å². The summed E-state index contributed by atoms with van der Waals surface area (Å²) in [6.45, 7) is 4.72. The van der Waals surface area contributed by atoms with E-state index in [0.717, 1.165) is 33.3 Å². The first kappa shape index (κ1) is 21.8. The lowest BCUT2D eigenvalue weighted by Crippen LogP contribution is -2.24. The highest BCUT2D eigenvalue weighted by Crippen LogP contribution is 2.23. The molecule has 4 aromatic heterocycles. The Kier molecular flexibility index (Phi) is 5.59. The number of nitrogens with zero attached hydrogens (tertiary/aromatic N) is 5. The summed E-state index contributed by atoms with van der Waals surface area (Å²) in [5.41, 5.74) is 11.7. The number of benzene rings is 1. The Morgan fingerprint density at radius 3 is 2.82 bits per heavy atom. The Morgan fingerprint density at radius 1 is 1.15 bits per heavy atom. The van der Waals surface area contributed by atoms with E-state index in [9.17, 15) is 4.79 Å². The van der Waals surface area contributed by atoms with Gasteiger partial charge in [-0.15, -0.1) is 0 Å². The maximum atomic E-state index is 13.2. The number of aryl methyl sites for hydroxylation is 2. The Morgan fingerprint density at radius 2 is 2.00 bits per heavy atom. The number of nitrogen functional groups attached to an aromatic ring is 1. The highest BCUT2D eigenvalue weighted by molar-refractivity contribution is 6.31. The number of rotatable bonds is 5. The number of anilines is 1. The van der Waals surface area contributed by atoms with Gasteiger partial charge in [0.2, 0.25) is 0 Å². The third kappa shape index (κ3) is 4.15. The van der Waals surface area contributed by atoms with Gasteiger partial charge >= 0.3 is 0 Å². The van der Waals surface area contributed by atoms with Crippen LogP contribution in [0, 0.1) is 13.8 Å². The second-order valence-electron chi connectivity index (χ2n) is 8.22. The van der Waals surface area contributed by atoms with Crippen LogP contribution in [0.3, 0.4) is 0 Å². The van der Waals surface area contributed by atoms with E-state index >= 15 is 0 Å². The molecule has 0 radical (unpaired) electrons. The van der Waals surface area contributed by atoms with Gasteiger partial charge in [0.1, 0.15) is 17.8 Å². The van der Waals surface area contributed by atoms with Crippen molar-refractivity contribution in [3.8, 4) is 0 Å². The highest BCUT2D eigenvalue weighted by atomic mass is 35.5. The summed E-state index contributed by atoms with van der Waals surface area (Å²) < 4.78 is 1.95. The molecule has 5 rings (SSSR count). The minimum Gasteiger partial charge on any atom is -0.384 e. The predicted molar refractivity (Wildman–Crippen MR) is 133 cm³/mol. The summed E-state index contributed by atoms with van der Waals surface area (Å²) in [6.07, 6.45) is 6.60. The molecule has 1 aromatic carbocycles. The molecule has 0 unspecified atom stereocenters. The number of fused-ring (bicyclic) bond motifs is 2. The SMILES string of the molecule is Cc1cc(N)nc(C)c1CNC(=O)c1cn(Cc2ccc3ncc(Cl)cc3c2)c2ncncc12. The Bertz CT molecular complexity index is 1540. The van der Waals surface area contributed by atoms with Crippen molar-refractivity contribution in [2.45, 2.75) is 26.9 Å². The number of carbonyl (C=O) groups is 1. The molecular formula is C25H22ClN7O. The normalized spacial score (nSPS) is 11.3. The molecule has 0 aliphatic carbocycles. The van der Waals surface area contributed by atoms with E-state index in [2.05, 4.69) is 25.3 Å². The van der Waals surface area contributed by atoms with Gasteiger partial charge in [-0.05, 0) is 54.8 Å². The fraction of sp³-hybridized carbons (Fsp3) is 0.160. The fourth-order valence-electron chi connectivity index (χ4n) is 4.20. The number of pyridine rings is 2. The van der Waals surface area contributed by atoms with Gasteiger partial charge in [0.05, 0.1) is 21.5 Å². The Hall–Kier alpha value is -4.04. The van der Waals surface area contributed by atoms with E-state index < -0.39 is 0 Å². The predicted octanol–water partition coefficient (Wildman–Crippen LogP) is 4.21. The van der Waals surface area contributed by atoms with E-state index in [1.807, 2.05) is 48.9 Å². The van der Waals surface area contributed by atoms with Gasteiger partial charge in [-0.25, -0.2) is 15.0 Å². The quantitative estimate of drug-likeness (QED) is 0.397. The molecule has 0 aliphatic heterocycles. The van der Waals surface area contributed by atoms with Gasteiger partial charge in [0.25, 0.3) is 5.91 Å². The van der Waals surface area contributed by atoms with Crippen LogP contribution in [0.15, 0.2) is 55.2 Å². The molecule has 5 aromatic rings. The van der Waals surface area contributed by atoms with E-state index in [4.69, 9.17) is 17.3 Å². The molecule has 0 saturated heterocycles. The third-order valence-electron chi connectivity index (χ3n) is 5.85. The molecule has 1 amide bonds. The standard InChI is InChI=1S/C25H22ClN7O/c1-14-5-23(27)32-15(2)19(14)10-30-25(34)21-12-33(24-20(21)9-28-13-31-24)11-16-3-4-22-17(6-16)7-18(26)8-29-22/h3-9,12-13H,10-11H2,1-2H3,(H2,27,32)(H,30,34). The number of amides is 1. The van der Waals surface area contributed by atoms with Gasteiger partial charge in [0, 0.05) is 42.8 Å². The number of halogens is 1. The van der Waals surface area contributed by atoms with Crippen molar-refractivity contribution in [1.29, 1.82) is 0 Å². The van der Waals surface area contributed by atoms with Crippen molar-refractivity contribution in [2.75, 3.05) is 5.73 Å². The summed E-state index contributed by atoms with van der Waals surface area (Å²) in [5.74, 6) is 0.265. The first-order chi connectivity index (χ1) is 16.4. The summed E-state index contributed by atoms with van der Waals surface area (Å²) in [6, 6.07) is 9.70. The van der Waals surface area contributed by atoms with E-state index in [1.54, 1.807) is 18.5 Å². The van der Waals surface area contributed by atoms with Crippen LogP contribution in [0.4, 0.5) is 5.82 Å². The number of nitrogens with two attached hydrogens (primary N) is 1. The van der Waals surface area contributed by atoms with Crippen LogP contribution < -0.4 is 11.1 Å². The third-order valence-corrected chi connectivity index (χ3v) is 6.05. The molecule has 0 bridgehead atoms. The minimum atomic E-state index is -0.205. The van der Waals surface area contributed by atoms with Gasteiger partial charge in [-0.3, -0.25) is 9.78 Å². The van der Waals surface area contributed by atoms with Gasteiger partial charge < -0.3 is 15.6 Å².